The summed E-state index contributed by atoms with van der Waals surface area (Å²) >= 11 is 0. The highest BCUT2D eigenvalue weighted by atomic mass is 16.3. The molecule has 4 rings (SSSR count). The van der Waals surface area contributed by atoms with Crippen LogP contribution in [-0.2, 0) is 12.8 Å². The summed E-state index contributed by atoms with van der Waals surface area (Å²) in [5.74, 6) is 2.39. The van der Waals surface area contributed by atoms with Gasteiger partial charge in [0, 0.05) is 0 Å². The molecule has 0 aromatic heterocycles. The van der Waals surface area contributed by atoms with Crippen LogP contribution in [0.15, 0.2) is 48.6 Å². The summed E-state index contributed by atoms with van der Waals surface area (Å²) in [6, 6.07) is 12.2. The van der Waals surface area contributed by atoms with Crippen molar-refractivity contribution < 1.29 is 10.2 Å². The first-order chi connectivity index (χ1) is 14.6. The van der Waals surface area contributed by atoms with Gasteiger partial charge in [-0.1, -0.05) is 38.1 Å². The van der Waals surface area contributed by atoms with E-state index in [-0.39, 0.29) is 0 Å². The summed E-state index contributed by atoms with van der Waals surface area (Å²) in [4.78, 5) is 0. The molecule has 2 N–H and O–H groups in total. The highest BCUT2D eigenvalue weighted by Crippen LogP contribution is 2.41. The maximum absolute atomic E-state index is 9.95. The fraction of sp³-hybridized carbons (Fsp3) is 0.429. The molecule has 0 aliphatic heterocycles. The van der Waals surface area contributed by atoms with Crippen LogP contribution in [0.3, 0.4) is 0 Å². The number of benzene rings is 2. The first-order valence-electron chi connectivity index (χ1n) is 11.6. The Balaban J connectivity index is 1.40. The molecule has 0 fully saturated rings. The van der Waals surface area contributed by atoms with Gasteiger partial charge in [-0.3, -0.25) is 0 Å². The van der Waals surface area contributed by atoms with E-state index in [1.54, 1.807) is 0 Å². The molecule has 2 unspecified atom stereocenters. The molecule has 0 bridgehead atoms. The molecule has 0 radical (unpaired) electrons. The Morgan fingerprint density at radius 2 is 1.13 bits per heavy atom. The van der Waals surface area contributed by atoms with Crippen molar-refractivity contribution >= 4 is 11.1 Å². The van der Waals surface area contributed by atoms with Crippen LogP contribution >= 0.6 is 0 Å². The number of aromatic hydroxyl groups is 2. The minimum atomic E-state index is 0.417. The van der Waals surface area contributed by atoms with Gasteiger partial charge < -0.3 is 10.2 Å². The summed E-state index contributed by atoms with van der Waals surface area (Å²) < 4.78 is 0. The number of hydrogen-bond donors (Lipinski definition) is 2. The second-order valence-electron chi connectivity index (χ2n) is 8.92. The van der Waals surface area contributed by atoms with Crippen molar-refractivity contribution in [3.8, 4) is 11.5 Å². The van der Waals surface area contributed by atoms with E-state index in [2.05, 4.69) is 50.3 Å². The van der Waals surface area contributed by atoms with Gasteiger partial charge in [-0.05, 0) is 121 Å². The van der Waals surface area contributed by atoms with Gasteiger partial charge in [0.15, 0.2) is 0 Å². The van der Waals surface area contributed by atoms with Crippen molar-refractivity contribution in [2.75, 3.05) is 0 Å². The number of hydrogen-bond acceptors (Lipinski definition) is 2. The number of aryl methyl sites for hydroxylation is 2. The Morgan fingerprint density at radius 3 is 1.47 bits per heavy atom. The van der Waals surface area contributed by atoms with Gasteiger partial charge in [-0.2, -0.15) is 0 Å². The van der Waals surface area contributed by atoms with Crippen LogP contribution in [-0.4, -0.2) is 10.2 Å². The smallest absolute Gasteiger partial charge is 0.118 e. The molecule has 2 aliphatic rings. The molecule has 2 nitrogen and oxygen atoms in total. The van der Waals surface area contributed by atoms with Crippen molar-refractivity contribution in [2.24, 2.45) is 11.8 Å². The van der Waals surface area contributed by atoms with Gasteiger partial charge in [-0.25, -0.2) is 0 Å². The molecule has 2 aromatic rings. The highest BCUT2D eigenvalue weighted by Gasteiger charge is 2.26. The summed E-state index contributed by atoms with van der Waals surface area (Å²) in [7, 11) is 0. The maximum atomic E-state index is 9.95. The van der Waals surface area contributed by atoms with Gasteiger partial charge in [0.25, 0.3) is 0 Å². The minimum Gasteiger partial charge on any atom is -0.508 e. The van der Waals surface area contributed by atoms with Crippen LogP contribution in [0.2, 0.25) is 0 Å². The highest BCUT2D eigenvalue weighted by molar-refractivity contribution is 5.69. The van der Waals surface area contributed by atoms with E-state index in [9.17, 15) is 10.2 Å². The second kappa shape index (κ2) is 9.12. The number of rotatable bonds is 5. The topological polar surface area (TPSA) is 40.5 Å². The van der Waals surface area contributed by atoms with Crippen LogP contribution in [0, 0.1) is 11.8 Å². The third-order valence-electron chi connectivity index (χ3n) is 7.23. The van der Waals surface area contributed by atoms with Gasteiger partial charge in [-0.15, -0.1) is 0 Å². The van der Waals surface area contributed by atoms with Crippen LogP contribution < -0.4 is 0 Å². The molecule has 30 heavy (non-hydrogen) atoms. The molecule has 2 atom stereocenters. The first kappa shape index (κ1) is 20.8. The summed E-state index contributed by atoms with van der Waals surface area (Å²) in [5, 5.41) is 19.9. The zero-order chi connectivity index (χ0) is 21.1. The molecule has 0 saturated carbocycles. The summed E-state index contributed by atoms with van der Waals surface area (Å²) in [5.41, 5.74) is 7.55. The quantitative estimate of drug-likeness (QED) is 0.551. The lowest BCUT2D eigenvalue weighted by molar-refractivity contribution is 0.292. The lowest BCUT2D eigenvalue weighted by Crippen LogP contribution is -2.19. The Bertz CT molecular complexity index is 887. The minimum absolute atomic E-state index is 0.417. The third kappa shape index (κ3) is 4.33. The van der Waals surface area contributed by atoms with Crippen molar-refractivity contribution in [2.45, 2.75) is 65.2 Å². The van der Waals surface area contributed by atoms with Crippen LogP contribution in [0.1, 0.15) is 74.6 Å². The van der Waals surface area contributed by atoms with Gasteiger partial charge >= 0.3 is 0 Å². The predicted octanol–water partition coefficient (Wildman–Crippen LogP) is 7.29. The fourth-order valence-electron chi connectivity index (χ4n) is 5.23. The molecule has 0 heterocycles. The first-order valence-corrected chi connectivity index (χ1v) is 11.6. The van der Waals surface area contributed by atoms with E-state index in [1.165, 1.54) is 48.0 Å². The monoisotopic (exact) mass is 402 g/mol. The number of phenolic OH excluding ortho intramolecular Hbond substituents is 2. The largest absolute Gasteiger partial charge is 0.508 e. The Morgan fingerprint density at radius 1 is 0.700 bits per heavy atom. The second-order valence-corrected chi connectivity index (χ2v) is 8.92. The molecule has 0 saturated heterocycles. The van der Waals surface area contributed by atoms with Gasteiger partial charge in [0.1, 0.15) is 11.5 Å². The van der Waals surface area contributed by atoms with E-state index in [1.807, 2.05) is 12.1 Å². The van der Waals surface area contributed by atoms with Crippen molar-refractivity contribution in [3.63, 3.8) is 0 Å². The van der Waals surface area contributed by atoms with Crippen LogP contribution in [0.4, 0.5) is 0 Å². The lowest BCUT2D eigenvalue weighted by atomic mass is 9.73. The van der Waals surface area contributed by atoms with Gasteiger partial charge in [0.2, 0.25) is 0 Å². The van der Waals surface area contributed by atoms with E-state index in [0.29, 0.717) is 11.5 Å². The molecule has 0 amide bonds. The van der Waals surface area contributed by atoms with E-state index < -0.39 is 0 Å². The standard InChI is InChI=1S/C28H34O2/c1-3-19-17-25(13-15-27(19)29)23-9-5-21(6-10-23)22-7-11-24(12-8-22)26-14-16-28(30)20(4-2)18-26/h9,11,13-18,21-22,29-30H,3-8,10,12H2,1-2H3. The zero-order valence-electron chi connectivity index (χ0n) is 18.3. The molecule has 0 spiro atoms. The third-order valence-corrected chi connectivity index (χ3v) is 7.23. The van der Waals surface area contributed by atoms with Crippen molar-refractivity contribution in [1.82, 2.24) is 0 Å². The SMILES string of the molecule is CCc1cc(C2=CCC(C3CC=C(c4ccc(O)c(CC)c4)CC3)CC2)ccc1O. The van der Waals surface area contributed by atoms with Crippen molar-refractivity contribution in [3.05, 3.63) is 70.8 Å². The summed E-state index contributed by atoms with van der Waals surface area (Å²) in [6.07, 6.45) is 13.8. The Kier molecular flexibility index (Phi) is 6.32. The molecular weight excluding hydrogens is 368 g/mol. The average Bonchev–Trinajstić information content (AvgIpc) is 2.80. The van der Waals surface area contributed by atoms with Crippen LogP contribution in [0.5, 0.6) is 11.5 Å². The number of allylic oxidation sites excluding steroid dienone is 4. The number of phenols is 2. The molecule has 2 aliphatic carbocycles. The van der Waals surface area contributed by atoms with Gasteiger partial charge in [0.05, 0.1) is 0 Å². The molecule has 2 aromatic carbocycles. The predicted molar refractivity (Wildman–Crippen MR) is 126 cm³/mol. The van der Waals surface area contributed by atoms with E-state index >= 15 is 0 Å². The molecule has 158 valence electrons. The van der Waals surface area contributed by atoms with E-state index in [4.69, 9.17) is 0 Å². The van der Waals surface area contributed by atoms with Crippen molar-refractivity contribution in [1.29, 1.82) is 0 Å². The lowest BCUT2D eigenvalue weighted by Gasteiger charge is -2.32. The average molecular weight is 403 g/mol. The fourth-order valence-corrected chi connectivity index (χ4v) is 5.23. The van der Waals surface area contributed by atoms with E-state index in [0.717, 1.165) is 48.6 Å². The normalized spacial score (nSPS) is 21.8. The maximum Gasteiger partial charge on any atom is 0.118 e. The molecule has 2 heteroatoms. The van der Waals surface area contributed by atoms with Crippen LogP contribution in [0.25, 0.3) is 11.1 Å². The zero-order valence-corrected chi connectivity index (χ0v) is 18.3. The Hall–Kier alpha value is -2.48. The Labute approximate surface area is 181 Å². The summed E-state index contributed by atoms with van der Waals surface area (Å²) in [6.45, 7) is 4.19. The molecular formula is C28H34O2.